The zero-order valence-corrected chi connectivity index (χ0v) is 30.5. The highest BCUT2D eigenvalue weighted by atomic mass is 16.3. The van der Waals surface area contributed by atoms with Gasteiger partial charge in [-0.1, -0.05) is 152 Å². The number of para-hydroxylation sites is 3. The van der Waals surface area contributed by atoms with E-state index in [9.17, 15) is 0 Å². The first-order valence-corrected chi connectivity index (χ1v) is 19.1. The highest BCUT2D eigenvalue weighted by Gasteiger charge is 2.24. The van der Waals surface area contributed by atoms with Crippen LogP contribution < -0.4 is 0 Å². The van der Waals surface area contributed by atoms with Gasteiger partial charge in [-0.3, -0.25) is 4.57 Å². The van der Waals surface area contributed by atoms with E-state index in [0.29, 0.717) is 17.6 Å². The van der Waals surface area contributed by atoms with E-state index in [-0.39, 0.29) is 0 Å². The molecule has 266 valence electrons. The minimum atomic E-state index is 0.522. The minimum Gasteiger partial charge on any atom is -0.452 e. The van der Waals surface area contributed by atoms with Crippen LogP contribution in [0.25, 0.3) is 111 Å². The summed E-state index contributed by atoms with van der Waals surface area (Å²) in [5, 5.41) is 6.56. The maximum Gasteiger partial charge on any atom is 0.238 e. The first kappa shape index (κ1) is 31.5. The van der Waals surface area contributed by atoms with Crippen molar-refractivity contribution in [2.45, 2.75) is 0 Å². The van der Waals surface area contributed by atoms with Crippen LogP contribution in [0.1, 0.15) is 0 Å². The molecular weight excluding hydrogens is 699 g/mol. The van der Waals surface area contributed by atoms with Gasteiger partial charge < -0.3 is 8.98 Å². The molecule has 0 amide bonds. The third-order valence-corrected chi connectivity index (χ3v) is 11.2. The molecule has 0 fully saturated rings. The van der Waals surface area contributed by atoms with Crippen LogP contribution in [0, 0.1) is 0 Å². The molecule has 0 aliphatic heterocycles. The molecule has 0 radical (unpaired) electrons. The molecule has 12 rings (SSSR count). The van der Waals surface area contributed by atoms with E-state index < -0.39 is 0 Å². The number of nitrogens with zero attached hydrogens (tertiary/aromatic N) is 5. The Kier molecular flexibility index (Phi) is 6.83. The Morgan fingerprint density at radius 2 is 0.737 bits per heavy atom. The summed E-state index contributed by atoms with van der Waals surface area (Å²) in [5.41, 5.74) is 10.9. The Labute approximate surface area is 326 Å². The average Bonchev–Trinajstić information content (AvgIpc) is 3.95. The van der Waals surface area contributed by atoms with Gasteiger partial charge in [0.1, 0.15) is 5.52 Å². The quantitative estimate of drug-likeness (QED) is 0.177. The van der Waals surface area contributed by atoms with Gasteiger partial charge in [-0.2, -0.15) is 9.97 Å². The van der Waals surface area contributed by atoms with Gasteiger partial charge in [0.2, 0.25) is 5.95 Å². The van der Waals surface area contributed by atoms with Crippen molar-refractivity contribution in [2.24, 2.45) is 0 Å². The number of hydrogen-bond donors (Lipinski definition) is 0. The molecule has 57 heavy (non-hydrogen) atoms. The molecule has 0 N–H and O–H groups in total. The number of aromatic nitrogens is 5. The van der Waals surface area contributed by atoms with E-state index in [1.54, 1.807) is 0 Å². The van der Waals surface area contributed by atoms with Gasteiger partial charge in [-0.05, 0) is 47.5 Å². The first-order valence-electron chi connectivity index (χ1n) is 19.1. The molecule has 0 bridgehead atoms. The average molecular weight is 730 g/mol. The molecule has 8 aromatic carbocycles. The number of benzene rings is 8. The van der Waals surface area contributed by atoms with Crippen LogP contribution >= 0.6 is 0 Å². The number of fused-ring (bicyclic) bond motifs is 11. The van der Waals surface area contributed by atoms with Crippen molar-refractivity contribution in [3.05, 3.63) is 188 Å². The molecule has 0 unspecified atom stereocenters. The van der Waals surface area contributed by atoms with E-state index in [1.807, 2.05) is 36.4 Å². The molecule has 6 heteroatoms. The van der Waals surface area contributed by atoms with Gasteiger partial charge in [0.05, 0.1) is 16.6 Å². The zero-order valence-electron chi connectivity index (χ0n) is 30.5. The lowest BCUT2D eigenvalue weighted by Gasteiger charge is -2.11. The Morgan fingerprint density at radius 1 is 0.316 bits per heavy atom. The van der Waals surface area contributed by atoms with Gasteiger partial charge in [0.25, 0.3) is 0 Å². The second kappa shape index (κ2) is 12.3. The van der Waals surface area contributed by atoms with Crippen LogP contribution in [0.3, 0.4) is 0 Å². The van der Waals surface area contributed by atoms with Crippen LogP contribution in [0.4, 0.5) is 0 Å². The largest absolute Gasteiger partial charge is 0.452 e. The van der Waals surface area contributed by atoms with Gasteiger partial charge in [-0.25, -0.2) is 4.98 Å². The number of hydrogen-bond acceptors (Lipinski definition) is 4. The molecule has 0 saturated heterocycles. The molecule has 0 spiro atoms. The van der Waals surface area contributed by atoms with Gasteiger partial charge >= 0.3 is 0 Å². The SMILES string of the molecule is c1ccc(-c2ccc(-c3nc(-c4ccccc4)nc(-n4c5ccccc5c5ccc6c7ccc8c9ccccc9n(-c9ccccc9)c8c7oc6c54)n3)cc2)cc1. The molecule has 6 nitrogen and oxygen atoms in total. The van der Waals surface area contributed by atoms with Crippen LogP contribution in [-0.4, -0.2) is 24.1 Å². The van der Waals surface area contributed by atoms with E-state index >= 15 is 0 Å². The molecule has 4 heterocycles. The monoisotopic (exact) mass is 729 g/mol. The normalized spacial score (nSPS) is 11.9. The second-order valence-electron chi connectivity index (χ2n) is 14.4. The third-order valence-electron chi connectivity index (χ3n) is 11.2. The van der Waals surface area contributed by atoms with Crippen LogP contribution in [0.5, 0.6) is 0 Å². The van der Waals surface area contributed by atoms with Crippen molar-refractivity contribution in [1.29, 1.82) is 0 Å². The Bertz CT molecular complexity index is 3490. The summed E-state index contributed by atoms with van der Waals surface area (Å²) < 4.78 is 11.7. The topological polar surface area (TPSA) is 61.7 Å². The summed E-state index contributed by atoms with van der Waals surface area (Å²) in [6.07, 6.45) is 0. The molecule has 4 aromatic heterocycles. The lowest BCUT2D eigenvalue weighted by Crippen LogP contribution is -2.06. The highest BCUT2D eigenvalue weighted by molar-refractivity contribution is 6.26. The third kappa shape index (κ3) is 4.81. The van der Waals surface area contributed by atoms with Gasteiger partial charge in [0.15, 0.2) is 22.8 Å². The van der Waals surface area contributed by atoms with Crippen LogP contribution in [0.15, 0.2) is 192 Å². The van der Waals surface area contributed by atoms with Crippen molar-refractivity contribution in [1.82, 2.24) is 24.1 Å². The molecule has 12 aromatic rings. The van der Waals surface area contributed by atoms with Crippen molar-refractivity contribution >= 4 is 65.6 Å². The molecule has 0 aliphatic rings. The fourth-order valence-corrected chi connectivity index (χ4v) is 8.59. The zero-order chi connectivity index (χ0) is 37.5. The van der Waals surface area contributed by atoms with Gasteiger partial charge in [-0.15, -0.1) is 0 Å². The van der Waals surface area contributed by atoms with Crippen molar-refractivity contribution in [3.8, 4) is 45.5 Å². The van der Waals surface area contributed by atoms with Crippen molar-refractivity contribution < 1.29 is 4.42 Å². The minimum absolute atomic E-state index is 0.522. The summed E-state index contributed by atoms with van der Waals surface area (Å²) in [5.74, 6) is 1.71. The lowest BCUT2D eigenvalue weighted by atomic mass is 10.0. The smallest absolute Gasteiger partial charge is 0.238 e. The van der Waals surface area contributed by atoms with Crippen LogP contribution in [0.2, 0.25) is 0 Å². The van der Waals surface area contributed by atoms with E-state index in [1.165, 1.54) is 5.39 Å². The predicted molar refractivity (Wildman–Crippen MR) is 232 cm³/mol. The van der Waals surface area contributed by atoms with E-state index in [0.717, 1.165) is 88.1 Å². The van der Waals surface area contributed by atoms with Crippen molar-refractivity contribution in [2.75, 3.05) is 0 Å². The molecule has 0 aliphatic carbocycles. The summed E-state index contributed by atoms with van der Waals surface area (Å²) in [4.78, 5) is 15.6. The van der Waals surface area contributed by atoms with Crippen molar-refractivity contribution in [3.63, 3.8) is 0 Å². The van der Waals surface area contributed by atoms with E-state index in [4.69, 9.17) is 19.4 Å². The maximum atomic E-state index is 7.23. The fraction of sp³-hybridized carbons (Fsp3) is 0. The Hall–Kier alpha value is -7.83. The first-order chi connectivity index (χ1) is 28.3. The summed E-state index contributed by atoms with van der Waals surface area (Å²) in [6, 6.07) is 65.4. The standard InChI is InChI=1S/C51H31N5O/c1-4-14-32(15-5-1)33-24-26-35(27-25-33)50-52-49(34-16-6-2-7-17-34)53-51(54-50)56-44-23-13-11-21-38(44)40-29-31-42-41-30-28-39-37-20-10-12-22-43(37)55(36-18-8-3-9-19-36)45(39)47(41)57-48(42)46(40)56/h1-31H. The maximum absolute atomic E-state index is 7.23. The number of rotatable bonds is 5. The lowest BCUT2D eigenvalue weighted by molar-refractivity contribution is 0.673. The highest BCUT2D eigenvalue weighted by Crippen LogP contribution is 2.44. The second-order valence-corrected chi connectivity index (χ2v) is 14.4. The van der Waals surface area contributed by atoms with E-state index in [2.05, 4.69) is 161 Å². The van der Waals surface area contributed by atoms with Crippen LogP contribution in [-0.2, 0) is 0 Å². The van der Waals surface area contributed by atoms with Gasteiger partial charge in [0, 0.05) is 49.1 Å². The Balaban J connectivity index is 1.16. The number of furan rings is 1. The summed E-state index contributed by atoms with van der Waals surface area (Å²) in [6.45, 7) is 0. The molecular formula is C51H31N5O. The Morgan fingerprint density at radius 3 is 1.33 bits per heavy atom. The molecule has 0 saturated carbocycles. The fourth-order valence-electron chi connectivity index (χ4n) is 8.59. The summed E-state index contributed by atoms with van der Waals surface area (Å²) in [7, 11) is 0. The molecule has 0 atom stereocenters. The summed E-state index contributed by atoms with van der Waals surface area (Å²) >= 11 is 0. The predicted octanol–water partition coefficient (Wildman–Crippen LogP) is 13.0.